The molecule has 2 aromatic rings. The topological polar surface area (TPSA) is 61.5 Å². The highest BCUT2D eigenvalue weighted by Crippen LogP contribution is 2.28. The van der Waals surface area contributed by atoms with Crippen molar-refractivity contribution >= 4 is 5.97 Å². The molecule has 0 unspecified atom stereocenters. The Morgan fingerprint density at radius 2 is 1.81 bits per heavy atom. The number of esters is 1. The van der Waals surface area contributed by atoms with Crippen LogP contribution in [-0.4, -0.2) is 24.2 Å². The summed E-state index contributed by atoms with van der Waals surface area (Å²) in [6, 6.07) is 15.5. The predicted octanol–water partition coefficient (Wildman–Crippen LogP) is 3.87. The van der Waals surface area contributed by atoms with Crippen LogP contribution in [0.2, 0.25) is 0 Å². The molecule has 4 atom stereocenters. The molecule has 2 aromatic carbocycles. The molecule has 144 valence electrons. The zero-order valence-corrected chi connectivity index (χ0v) is 15.5. The summed E-state index contributed by atoms with van der Waals surface area (Å²) in [5.41, 5.74) is 6.97. The number of carbonyl (C=O) groups excluding carboxylic acids is 1. The Labute approximate surface area is 159 Å². The number of hydrogen-bond donors (Lipinski definition) is 1. The highest BCUT2D eigenvalue weighted by Gasteiger charge is 2.34. The Balaban J connectivity index is 1.85. The molecule has 1 aliphatic rings. The first-order chi connectivity index (χ1) is 13.0. The van der Waals surface area contributed by atoms with Crippen molar-refractivity contribution in [3.05, 3.63) is 66.0 Å². The molecule has 0 spiro atoms. The van der Waals surface area contributed by atoms with Crippen LogP contribution in [0.15, 0.2) is 54.6 Å². The quantitative estimate of drug-likeness (QED) is 0.829. The van der Waals surface area contributed by atoms with Gasteiger partial charge in [-0.15, -0.1) is 0 Å². The van der Waals surface area contributed by atoms with Crippen LogP contribution in [0.5, 0.6) is 5.75 Å². The van der Waals surface area contributed by atoms with Crippen molar-refractivity contribution in [2.45, 2.75) is 50.9 Å². The number of halogens is 1. The summed E-state index contributed by atoms with van der Waals surface area (Å²) >= 11 is 0. The van der Waals surface area contributed by atoms with Crippen LogP contribution in [0, 0.1) is 11.7 Å². The maximum Gasteiger partial charge on any atom is 0.323 e. The average Bonchev–Trinajstić information content (AvgIpc) is 2.71. The standard InChI is InChI=1S/C22H26FNO3/c1-15-21(27-19-7-3-2-4-8-19)17(6-5-9-20(24)22(25)26-15)14-16-10-12-18(23)13-11-16/h2-4,7-8,10-13,15,17,20-21H,5-6,9,14,24H2,1H3/t15-,17+,20-,21-/m0/s1. The molecule has 0 aromatic heterocycles. The number of para-hydroxylation sites is 1. The van der Waals surface area contributed by atoms with Crippen molar-refractivity contribution in [1.29, 1.82) is 0 Å². The summed E-state index contributed by atoms with van der Waals surface area (Å²) in [5.74, 6) is 0.215. The Bertz CT molecular complexity index is 735. The Morgan fingerprint density at radius 1 is 1.11 bits per heavy atom. The lowest BCUT2D eigenvalue weighted by atomic mass is 9.87. The third kappa shape index (κ3) is 5.30. The SMILES string of the molecule is C[C@@H]1OC(=O)[C@@H](N)CCC[C@H](Cc2ccc(F)cc2)[C@H]1Oc1ccccc1. The van der Waals surface area contributed by atoms with E-state index in [9.17, 15) is 9.18 Å². The summed E-state index contributed by atoms with van der Waals surface area (Å²) in [7, 11) is 0. The van der Waals surface area contributed by atoms with Gasteiger partial charge >= 0.3 is 5.97 Å². The van der Waals surface area contributed by atoms with Gasteiger partial charge in [-0.1, -0.05) is 36.8 Å². The minimum atomic E-state index is -0.602. The largest absolute Gasteiger partial charge is 0.486 e. The number of carbonyl (C=O) groups is 1. The van der Waals surface area contributed by atoms with Gasteiger partial charge in [0.1, 0.15) is 29.8 Å². The number of benzene rings is 2. The van der Waals surface area contributed by atoms with E-state index < -0.39 is 12.1 Å². The third-order valence-electron chi connectivity index (χ3n) is 5.05. The van der Waals surface area contributed by atoms with Gasteiger partial charge in [-0.3, -0.25) is 4.79 Å². The summed E-state index contributed by atoms with van der Waals surface area (Å²) in [6.07, 6.45) is 2.21. The van der Waals surface area contributed by atoms with Gasteiger partial charge in [-0.25, -0.2) is 4.39 Å². The number of cyclic esters (lactones) is 1. The second-order valence-corrected chi connectivity index (χ2v) is 7.17. The summed E-state index contributed by atoms with van der Waals surface area (Å²) < 4.78 is 25.1. The molecule has 27 heavy (non-hydrogen) atoms. The Morgan fingerprint density at radius 3 is 2.52 bits per heavy atom. The second kappa shape index (κ2) is 9.00. The maximum absolute atomic E-state index is 13.3. The summed E-state index contributed by atoms with van der Waals surface area (Å²) in [4.78, 5) is 12.2. The van der Waals surface area contributed by atoms with Crippen LogP contribution < -0.4 is 10.5 Å². The minimum Gasteiger partial charge on any atom is -0.486 e. The van der Waals surface area contributed by atoms with E-state index in [1.54, 1.807) is 12.1 Å². The van der Waals surface area contributed by atoms with Crippen LogP contribution in [0.3, 0.4) is 0 Å². The molecule has 0 radical (unpaired) electrons. The highest BCUT2D eigenvalue weighted by atomic mass is 19.1. The van der Waals surface area contributed by atoms with Gasteiger partial charge < -0.3 is 15.2 Å². The minimum absolute atomic E-state index is 0.115. The molecule has 0 bridgehead atoms. The molecule has 0 aliphatic carbocycles. The number of hydrogen-bond acceptors (Lipinski definition) is 4. The number of ether oxygens (including phenoxy) is 2. The summed E-state index contributed by atoms with van der Waals surface area (Å²) in [6.45, 7) is 1.85. The lowest BCUT2D eigenvalue weighted by Crippen LogP contribution is -2.42. The fourth-order valence-corrected chi connectivity index (χ4v) is 3.59. The molecule has 3 rings (SSSR count). The van der Waals surface area contributed by atoms with Crippen molar-refractivity contribution < 1.29 is 18.7 Å². The van der Waals surface area contributed by atoms with Crippen LogP contribution >= 0.6 is 0 Å². The van der Waals surface area contributed by atoms with E-state index in [1.165, 1.54) is 12.1 Å². The van der Waals surface area contributed by atoms with Crippen LogP contribution in [-0.2, 0) is 16.0 Å². The van der Waals surface area contributed by atoms with Crippen molar-refractivity contribution in [1.82, 2.24) is 0 Å². The van der Waals surface area contributed by atoms with E-state index in [-0.39, 0.29) is 23.8 Å². The van der Waals surface area contributed by atoms with Gasteiger partial charge in [0.05, 0.1) is 0 Å². The molecular formula is C22H26FNO3. The Kier molecular flexibility index (Phi) is 6.45. The first-order valence-electron chi connectivity index (χ1n) is 9.45. The van der Waals surface area contributed by atoms with E-state index in [0.717, 1.165) is 30.6 Å². The summed E-state index contributed by atoms with van der Waals surface area (Å²) in [5, 5.41) is 0. The smallest absolute Gasteiger partial charge is 0.323 e. The molecule has 1 aliphatic heterocycles. The lowest BCUT2D eigenvalue weighted by molar-refractivity contribution is -0.155. The van der Waals surface area contributed by atoms with Crippen LogP contribution in [0.25, 0.3) is 0 Å². The lowest BCUT2D eigenvalue weighted by Gasteiger charge is -2.31. The van der Waals surface area contributed by atoms with E-state index in [4.69, 9.17) is 15.2 Å². The van der Waals surface area contributed by atoms with E-state index >= 15 is 0 Å². The van der Waals surface area contributed by atoms with Crippen molar-refractivity contribution in [2.75, 3.05) is 0 Å². The fourth-order valence-electron chi connectivity index (χ4n) is 3.59. The van der Waals surface area contributed by atoms with Gasteiger partial charge in [0, 0.05) is 5.92 Å². The fraction of sp³-hybridized carbons (Fsp3) is 0.409. The van der Waals surface area contributed by atoms with E-state index in [0.29, 0.717) is 6.42 Å². The second-order valence-electron chi connectivity index (χ2n) is 7.17. The van der Waals surface area contributed by atoms with Gasteiger partial charge in [0.15, 0.2) is 0 Å². The molecule has 2 N–H and O–H groups in total. The molecular weight excluding hydrogens is 345 g/mol. The molecule has 0 amide bonds. The Hall–Kier alpha value is -2.40. The van der Waals surface area contributed by atoms with Crippen molar-refractivity contribution in [3.8, 4) is 5.75 Å². The molecule has 1 saturated heterocycles. The molecule has 1 heterocycles. The van der Waals surface area contributed by atoms with Crippen molar-refractivity contribution in [2.24, 2.45) is 11.7 Å². The van der Waals surface area contributed by atoms with Crippen LogP contribution in [0.4, 0.5) is 4.39 Å². The number of rotatable bonds is 4. The number of nitrogens with two attached hydrogens (primary N) is 1. The van der Waals surface area contributed by atoms with Gasteiger partial charge in [-0.05, 0) is 56.0 Å². The van der Waals surface area contributed by atoms with E-state index in [2.05, 4.69) is 0 Å². The predicted molar refractivity (Wildman–Crippen MR) is 102 cm³/mol. The highest BCUT2D eigenvalue weighted by molar-refractivity contribution is 5.75. The molecule has 4 nitrogen and oxygen atoms in total. The first kappa shape index (κ1) is 19.4. The van der Waals surface area contributed by atoms with Gasteiger partial charge in [0.25, 0.3) is 0 Å². The van der Waals surface area contributed by atoms with Gasteiger partial charge in [-0.2, -0.15) is 0 Å². The molecule has 5 heteroatoms. The van der Waals surface area contributed by atoms with Gasteiger partial charge in [0.2, 0.25) is 0 Å². The normalized spacial score (nSPS) is 26.4. The van der Waals surface area contributed by atoms with Crippen LogP contribution in [0.1, 0.15) is 31.7 Å². The van der Waals surface area contributed by atoms with Crippen molar-refractivity contribution in [3.63, 3.8) is 0 Å². The zero-order valence-electron chi connectivity index (χ0n) is 15.5. The van der Waals surface area contributed by atoms with E-state index in [1.807, 2.05) is 37.3 Å². The molecule has 0 saturated carbocycles. The average molecular weight is 371 g/mol. The first-order valence-corrected chi connectivity index (χ1v) is 9.45. The molecule has 1 fully saturated rings. The third-order valence-corrected chi connectivity index (χ3v) is 5.05. The zero-order chi connectivity index (χ0) is 19.2. The monoisotopic (exact) mass is 371 g/mol. The maximum atomic E-state index is 13.3.